The first-order valence-electron chi connectivity index (χ1n) is 14.2. The zero-order valence-electron chi connectivity index (χ0n) is 25.6. The number of halogens is 5. The fraction of sp³-hybridized carbons (Fsp3) is 0.152. The third-order valence-electron chi connectivity index (χ3n) is 6.66. The van der Waals surface area contributed by atoms with Crippen molar-refractivity contribution in [3.8, 4) is 22.5 Å². The second-order valence-corrected chi connectivity index (χ2v) is 12.7. The third-order valence-corrected chi connectivity index (χ3v) is 8.31. The molecule has 2 aromatic carbocycles. The number of nitrogens with zero attached hydrogens (tertiary/aromatic N) is 6. The van der Waals surface area contributed by atoms with Crippen LogP contribution in [0.25, 0.3) is 39.4 Å². The lowest BCUT2D eigenvalue weighted by Crippen LogP contribution is -2.10. The number of allylic oxidation sites excluding steroid dienone is 1. The Balaban J connectivity index is 0.000000188. The largest absolute Gasteiger partial charge is 0.462 e. The SMILES string of the molecule is C=C(C)c1c(C(=O)OCC)cnn2cc(-c3cc(Cl)cc(Cl)c3)nc12.CCOC(=O)c1cnn2cc(-c3cc(Cl)cc(Cl)c3)nc2c1Br. The Labute approximate surface area is 303 Å². The number of imidazole rings is 2. The lowest BCUT2D eigenvalue weighted by Gasteiger charge is -2.09. The highest BCUT2D eigenvalue weighted by Crippen LogP contribution is 2.31. The predicted octanol–water partition coefficient (Wildman–Crippen LogP) is 9.56. The normalized spacial score (nSPS) is 10.9. The molecule has 4 aromatic heterocycles. The van der Waals surface area contributed by atoms with Crippen LogP contribution in [0.2, 0.25) is 20.1 Å². The Morgan fingerprint density at radius 3 is 1.60 bits per heavy atom. The summed E-state index contributed by atoms with van der Waals surface area (Å²) in [6.45, 7) is 9.83. The second kappa shape index (κ2) is 15.0. The molecule has 0 fully saturated rings. The number of rotatable bonds is 7. The van der Waals surface area contributed by atoms with Gasteiger partial charge >= 0.3 is 11.9 Å². The van der Waals surface area contributed by atoms with Crippen LogP contribution >= 0.6 is 62.3 Å². The van der Waals surface area contributed by atoms with E-state index >= 15 is 0 Å². The van der Waals surface area contributed by atoms with Crippen LogP contribution in [-0.4, -0.2) is 54.3 Å². The number of aromatic nitrogens is 6. The summed E-state index contributed by atoms with van der Waals surface area (Å²) in [7, 11) is 0. The molecule has 0 aliphatic rings. The average molecular weight is 791 g/mol. The summed E-state index contributed by atoms with van der Waals surface area (Å²) in [5.41, 5.74) is 5.77. The summed E-state index contributed by atoms with van der Waals surface area (Å²) in [5, 5.41) is 10.5. The van der Waals surface area contributed by atoms with Gasteiger partial charge in [-0.1, -0.05) is 53.0 Å². The van der Waals surface area contributed by atoms with Gasteiger partial charge in [0.1, 0.15) is 0 Å². The van der Waals surface area contributed by atoms with Crippen LogP contribution in [0.4, 0.5) is 0 Å². The molecule has 0 N–H and O–H groups in total. The standard InChI is InChI=1S/C18H15Cl2N3O2.C15H10BrCl2N3O2/c1-4-25-18(24)14-8-21-23-9-15(22-17(23)16(14)10(2)3)11-5-12(19)7-13(20)6-11;1-2-23-15(22)11-6-19-21-7-12(20-14(21)13(11)16)8-3-9(17)5-10(18)4-8/h5-9H,2,4H2,1,3H3;3-7H,2H2,1H3. The monoisotopic (exact) mass is 788 g/mol. The van der Waals surface area contributed by atoms with Gasteiger partial charge in [-0.15, -0.1) is 0 Å². The van der Waals surface area contributed by atoms with Gasteiger partial charge in [-0.3, -0.25) is 0 Å². The van der Waals surface area contributed by atoms with E-state index in [2.05, 4.69) is 42.7 Å². The lowest BCUT2D eigenvalue weighted by molar-refractivity contribution is 0.0515. The molecular formula is C33H25BrCl4N6O4. The van der Waals surface area contributed by atoms with Gasteiger partial charge in [0.2, 0.25) is 0 Å². The number of carbonyl (C=O) groups is 2. The van der Waals surface area contributed by atoms with Gasteiger partial charge in [0.25, 0.3) is 0 Å². The van der Waals surface area contributed by atoms with Crippen molar-refractivity contribution in [2.24, 2.45) is 0 Å². The molecule has 0 radical (unpaired) electrons. The van der Waals surface area contributed by atoms with Gasteiger partial charge in [-0.25, -0.2) is 28.6 Å². The molecule has 48 heavy (non-hydrogen) atoms. The zero-order valence-corrected chi connectivity index (χ0v) is 30.2. The molecule has 246 valence electrons. The van der Waals surface area contributed by atoms with Crippen LogP contribution in [0.15, 0.2) is 72.2 Å². The molecule has 6 rings (SSSR count). The van der Waals surface area contributed by atoms with Crippen molar-refractivity contribution < 1.29 is 19.1 Å². The highest BCUT2D eigenvalue weighted by atomic mass is 79.9. The molecule has 0 saturated heterocycles. The van der Waals surface area contributed by atoms with E-state index in [0.29, 0.717) is 69.5 Å². The molecular weight excluding hydrogens is 766 g/mol. The first-order chi connectivity index (χ1) is 22.9. The zero-order chi connectivity index (χ0) is 34.7. The minimum absolute atomic E-state index is 0.278. The van der Waals surface area contributed by atoms with Gasteiger partial charge in [-0.2, -0.15) is 10.2 Å². The summed E-state index contributed by atoms with van der Waals surface area (Å²) < 4.78 is 13.8. The van der Waals surface area contributed by atoms with Crippen molar-refractivity contribution in [1.29, 1.82) is 0 Å². The predicted molar refractivity (Wildman–Crippen MR) is 191 cm³/mol. The second-order valence-electron chi connectivity index (χ2n) is 10.1. The maximum atomic E-state index is 12.2. The molecule has 0 aliphatic heterocycles. The van der Waals surface area contributed by atoms with E-state index in [1.165, 1.54) is 12.4 Å². The number of ether oxygens (including phenoxy) is 2. The summed E-state index contributed by atoms with van der Waals surface area (Å²) in [6, 6.07) is 10.4. The van der Waals surface area contributed by atoms with Crippen LogP contribution in [0, 0.1) is 0 Å². The Bertz CT molecular complexity index is 2180. The van der Waals surface area contributed by atoms with E-state index in [4.69, 9.17) is 55.9 Å². The van der Waals surface area contributed by atoms with E-state index in [9.17, 15) is 9.59 Å². The van der Waals surface area contributed by atoms with Crippen molar-refractivity contribution >= 4 is 91.1 Å². The average Bonchev–Trinajstić information content (AvgIpc) is 3.66. The van der Waals surface area contributed by atoms with Gasteiger partial charge in [-0.05, 0) is 78.7 Å². The molecule has 4 heterocycles. The van der Waals surface area contributed by atoms with Crippen molar-refractivity contribution in [2.75, 3.05) is 13.2 Å². The van der Waals surface area contributed by atoms with E-state index in [1.54, 1.807) is 71.7 Å². The molecule has 0 aliphatic carbocycles. The maximum Gasteiger partial charge on any atom is 0.341 e. The molecule has 0 bridgehead atoms. The fourth-order valence-electron chi connectivity index (χ4n) is 4.66. The topological polar surface area (TPSA) is 113 Å². The Kier molecular flexibility index (Phi) is 11.1. The summed E-state index contributed by atoms with van der Waals surface area (Å²) in [5.74, 6) is -0.907. The smallest absolute Gasteiger partial charge is 0.341 e. The molecule has 15 heteroatoms. The number of benzene rings is 2. The van der Waals surface area contributed by atoms with Crippen LogP contribution in [-0.2, 0) is 9.47 Å². The van der Waals surface area contributed by atoms with Crippen molar-refractivity contribution in [3.63, 3.8) is 0 Å². The molecule has 0 unspecified atom stereocenters. The molecule has 10 nitrogen and oxygen atoms in total. The van der Waals surface area contributed by atoms with Crippen molar-refractivity contribution in [2.45, 2.75) is 20.8 Å². The summed E-state index contributed by atoms with van der Waals surface area (Å²) in [4.78, 5) is 33.2. The number of fused-ring (bicyclic) bond motifs is 2. The Morgan fingerprint density at radius 2 is 1.15 bits per heavy atom. The molecule has 0 spiro atoms. The van der Waals surface area contributed by atoms with E-state index in [-0.39, 0.29) is 13.2 Å². The first kappa shape index (κ1) is 35.3. The van der Waals surface area contributed by atoms with Gasteiger partial charge < -0.3 is 9.47 Å². The molecule has 0 saturated carbocycles. The third kappa shape index (κ3) is 7.66. The quantitative estimate of drug-likeness (QED) is 0.147. The Hall–Kier alpha value is -4.00. The van der Waals surface area contributed by atoms with E-state index < -0.39 is 11.9 Å². The number of hydrogen-bond acceptors (Lipinski definition) is 8. The lowest BCUT2D eigenvalue weighted by atomic mass is 10.1. The van der Waals surface area contributed by atoms with Gasteiger partial charge in [0, 0.05) is 36.8 Å². The highest BCUT2D eigenvalue weighted by molar-refractivity contribution is 9.10. The van der Waals surface area contributed by atoms with Gasteiger partial charge in [0.15, 0.2) is 11.3 Å². The van der Waals surface area contributed by atoms with Crippen LogP contribution in [0.3, 0.4) is 0 Å². The molecule has 0 amide bonds. The fourth-order valence-corrected chi connectivity index (χ4v) is 6.24. The molecule has 6 aromatic rings. The van der Waals surface area contributed by atoms with Crippen molar-refractivity contribution in [3.05, 3.63) is 109 Å². The number of esters is 2. The number of carbonyl (C=O) groups excluding carboxylic acids is 2. The van der Waals surface area contributed by atoms with Crippen molar-refractivity contribution in [1.82, 2.24) is 29.2 Å². The summed E-state index contributed by atoms with van der Waals surface area (Å²) in [6.07, 6.45) is 6.38. The first-order valence-corrected chi connectivity index (χ1v) is 16.6. The summed E-state index contributed by atoms with van der Waals surface area (Å²) >= 11 is 27.6. The highest BCUT2D eigenvalue weighted by Gasteiger charge is 2.20. The van der Waals surface area contributed by atoms with E-state index in [1.807, 2.05) is 6.92 Å². The van der Waals surface area contributed by atoms with Crippen LogP contribution in [0.1, 0.15) is 47.1 Å². The molecule has 0 atom stereocenters. The minimum Gasteiger partial charge on any atom is -0.462 e. The number of hydrogen-bond donors (Lipinski definition) is 0. The van der Waals surface area contributed by atoms with Gasteiger partial charge in [0.05, 0.1) is 65.0 Å². The maximum absolute atomic E-state index is 12.2. The Morgan fingerprint density at radius 1 is 0.729 bits per heavy atom. The van der Waals surface area contributed by atoms with E-state index in [0.717, 1.165) is 11.1 Å². The minimum atomic E-state index is -0.454. The van der Waals surface area contributed by atoms with Crippen LogP contribution < -0.4 is 0 Å². The van der Waals surface area contributed by atoms with Crippen LogP contribution in [0.5, 0.6) is 0 Å².